The van der Waals surface area contributed by atoms with E-state index in [1.54, 1.807) is 30.5 Å². The fourth-order valence-electron chi connectivity index (χ4n) is 2.53. The number of thioether (sulfide) groups is 1. The van der Waals surface area contributed by atoms with Crippen molar-refractivity contribution in [3.05, 3.63) is 47.9 Å². The molecule has 1 aromatic carbocycles. The monoisotopic (exact) mass is 398 g/mol. The summed E-state index contributed by atoms with van der Waals surface area (Å²) in [5.74, 6) is 1.55. The number of aromatic nitrogens is 3. The Morgan fingerprint density at radius 2 is 1.89 bits per heavy atom. The molecular formula is C20H22N4O3S. The minimum Gasteiger partial charge on any atom is -0.469 e. The molecule has 0 aliphatic carbocycles. The van der Waals surface area contributed by atoms with Gasteiger partial charge in [0, 0.05) is 24.2 Å². The van der Waals surface area contributed by atoms with Crippen molar-refractivity contribution < 1.29 is 14.0 Å². The molecule has 8 heteroatoms. The second-order valence-corrected chi connectivity index (χ2v) is 7.63. The highest BCUT2D eigenvalue weighted by Crippen LogP contribution is 2.26. The molecule has 0 aliphatic rings. The third kappa shape index (κ3) is 4.33. The number of furan rings is 1. The van der Waals surface area contributed by atoms with Crippen LogP contribution in [0.4, 0.5) is 5.69 Å². The van der Waals surface area contributed by atoms with Crippen LogP contribution in [-0.4, -0.2) is 32.2 Å². The number of nitrogens with one attached hydrogen (secondary N) is 1. The number of benzene rings is 1. The van der Waals surface area contributed by atoms with E-state index >= 15 is 0 Å². The quantitative estimate of drug-likeness (QED) is 0.479. The van der Waals surface area contributed by atoms with Gasteiger partial charge in [-0.15, -0.1) is 10.2 Å². The first-order valence-corrected chi connectivity index (χ1v) is 9.86. The van der Waals surface area contributed by atoms with Gasteiger partial charge in [0.25, 0.3) is 0 Å². The zero-order valence-electron chi connectivity index (χ0n) is 16.2. The number of amides is 1. The van der Waals surface area contributed by atoms with Crippen molar-refractivity contribution in [2.24, 2.45) is 13.0 Å². The smallest absolute Gasteiger partial charge is 0.226 e. The van der Waals surface area contributed by atoms with Gasteiger partial charge >= 0.3 is 0 Å². The maximum atomic E-state index is 12.5. The maximum absolute atomic E-state index is 12.5. The van der Waals surface area contributed by atoms with E-state index in [9.17, 15) is 9.59 Å². The highest BCUT2D eigenvalue weighted by atomic mass is 32.2. The molecule has 2 aromatic heterocycles. The molecule has 0 bridgehead atoms. The molecule has 7 nitrogen and oxygen atoms in total. The number of carbonyl (C=O) groups is 2. The van der Waals surface area contributed by atoms with Crippen LogP contribution in [0.25, 0.3) is 11.4 Å². The van der Waals surface area contributed by atoms with Gasteiger partial charge in [0.05, 0.1) is 17.6 Å². The molecule has 1 N–H and O–H groups in total. The van der Waals surface area contributed by atoms with Gasteiger partial charge in [-0.2, -0.15) is 0 Å². The summed E-state index contributed by atoms with van der Waals surface area (Å²) in [6.07, 6.45) is 1.61. The Kier molecular flexibility index (Phi) is 5.99. The van der Waals surface area contributed by atoms with Crippen LogP contribution in [0.1, 0.15) is 30.0 Å². The third-order valence-electron chi connectivity index (χ3n) is 4.27. The Balaban J connectivity index is 1.62. The van der Waals surface area contributed by atoms with Gasteiger partial charge in [0.1, 0.15) is 5.76 Å². The molecule has 2 heterocycles. The first-order valence-electron chi connectivity index (χ1n) is 8.87. The van der Waals surface area contributed by atoms with Crippen molar-refractivity contribution in [3.63, 3.8) is 0 Å². The molecule has 0 unspecified atom stereocenters. The van der Waals surface area contributed by atoms with E-state index < -0.39 is 0 Å². The van der Waals surface area contributed by atoms with E-state index in [2.05, 4.69) is 15.5 Å². The average molecular weight is 398 g/mol. The van der Waals surface area contributed by atoms with Gasteiger partial charge in [-0.05, 0) is 37.3 Å². The molecule has 28 heavy (non-hydrogen) atoms. The van der Waals surface area contributed by atoms with Gasteiger partial charge in [-0.25, -0.2) is 0 Å². The number of hydrogen-bond acceptors (Lipinski definition) is 6. The minimum atomic E-state index is -0.0974. The van der Waals surface area contributed by atoms with Crippen LogP contribution in [0.5, 0.6) is 0 Å². The fraction of sp³-hybridized carbons (Fsp3) is 0.300. The average Bonchev–Trinajstić information content (AvgIpc) is 3.25. The van der Waals surface area contributed by atoms with Crippen molar-refractivity contribution in [2.75, 3.05) is 11.1 Å². The molecular weight excluding hydrogens is 376 g/mol. The minimum absolute atomic E-state index is 0.0178. The number of Topliss-reactive ketones (excluding diaryl/α,β-unsaturated/α-hetero) is 1. The second kappa shape index (κ2) is 8.43. The maximum Gasteiger partial charge on any atom is 0.226 e. The van der Waals surface area contributed by atoms with Crippen LogP contribution in [0, 0.1) is 12.8 Å². The summed E-state index contributed by atoms with van der Waals surface area (Å²) >= 11 is 1.33. The second-order valence-electron chi connectivity index (χ2n) is 6.69. The molecule has 0 fully saturated rings. The Labute approximate surface area is 167 Å². The van der Waals surface area contributed by atoms with E-state index in [0.29, 0.717) is 22.2 Å². The Morgan fingerprint density at radius 1 is 1.18 bits per heavy atom. The van der Waals surface area contributed by atoms with Crippen LogP contribution in [-0.2, 0) is 11.8 Å². The van der Waals surface area contributed by atoms with E-state index in [-0.39, 0.29) is 23.4 Å². The number of hydrogen-bond donors (Lipinski definition) is 1. The summed E-state index contributed by atoms with van der Waals surface area (Å²) in [6.45, 7) is 5.53. The van der Waals surface area contributed by atoms with E-state index in [0.717, 1.165) is 11.3 Å². The first-order chi connectivity index (χ1) is 13.4. The summed E-state index contributed by atoms with van der Waals surface area (Å²) in [5.41, 5.74) is 2.15. The van der Waals surface area contributed by atoms with Crippen molar-refractivity contribution >= 4 is 29.1 Å². The molecule has 3 aromatic rings. The Bertz CT molecular complexity index is 989. The standard InChI is InChI=1S/C20H22N4O3S/c1-12(2)19(26)21-15-7-5-14(6-8-15)17(25)11-28-20-23-22-18(24(20)4)16-9-10-27-13(16)3/h5-10,12H,11H2,1-4H3,(H,21,26). The predicted molar refractivity (Wildman–Crippen MR) is 108 cm³/mol. The molecule has 146 valence electrons. The highest BCUT2D eigenvalue weighted by Gasteiger charge is 2.16. The lowest BCUT2D eigenvalue weighted by atomic mass is 10.1. The van der Waals surface area contributed by atoms with Crippen molar-refractivity contribution in [1.82, 2.24) is 14.8 Å². The summed E-state index contributed by atoms with van der Waals surface area (Å²) in [7, 11) is 1.86. The third-order valence-corrected chi connectivity index (χ3v) is 5.29. The van der Waals surface area contributed by atoms with Crippen LogP contribution < -0.4 is 5.32 Å². The zero-order chi connectivity index (χ0) is 20.3. The van der Waals surface area contributed by atoms with E-state index in [4.69, 9.17) is 4.42 Å². The molecule has 0 spiro atoms. The van der Waals surface area contributed by atoms with Crippen LogP contribution in [0.3, 0.4) is 0 Å². The Morgan fingerprint density at radius 3 is 2.50 bits per heavy atom. The van der Waals surface area contributed by atoms with Gasteiger partial charge in [-0.1, -0.05) is 25.6 Å². The zero-order valence-corrected chi connectivity index (χ0v) is 17.0. The summed E-state index contributed by atoms with van der Waals surface area (Å²) in [5, 5.41) is 11.8. The topological polar surface area (TPSA) is 90.0 Å². The molecule has 0 saturated carbocycles. The number of nitrogens with zero attached hydrogens (tertiary/aromatic N) is 3. The normalized spacial score (nSPS) is 11.0. The largest absolute Gasteiger partial charge is 0.469 e. The van der Waals surface area contributed by atoms with Crippen molar-refractivity contribution in [1.29, 1.82) is 0 Å². The van der Waals surface area contributed by atoms with Crippen molar-refractivity contribution in [2.45, 2.75) is 25.9 Å². The Hall–Kier alpha value is -2.87. The van der Waals surface area contributed by atoms with Crippen LogP contribution in [0.2, 0.25) is 0 Å². The number of carbonyl (C=O) groups excluding carboxylic acids is 2. The lowest BCUT2D eigenvalue weighted by molar-refractivity contribution is -0.118. The summed E-state index contributed by atoms with van der Waals surface area (Å²) in [4.78, 5) is 24.2. The molecule has 0 atom stereocenters. The van der Waals surface area contributed by atoms with Gasteiger partial charge < -0.3 is 14.3 Å². The van der Waals surface area contributed by atoms with Crippen molar-refractivity contribution in [3.8, 4) is 11.4 Å². The molecule has 3 rings (SSSR count). The first kappa shape index (κ1) is 19.9. The summed E-state index contributed by atoms with van der Waals surface area (Å²) in [6, 6.07) is 8.75. The summed E-state index contributed by atoms with van der Waals surface area (Å²) < 4.78 is 7.17. The molecule has 0 saturated heterocycles. The fourth-order valence-corrected chi connectivity index (χ4v) is 3.34. The molecule has 0 aliphatic heterocycles. The van der Waals surface area contributed by atoms with Gasteiger partial charge in [0.15, 0.2) is 16.8 Å². The number of anilines is 1. The van der Waals surface area contributed by atoms with E-state index in [1.165, 1.54) is 11.8 Å². The lowest BCUT2D eigenvalue weighted by Crippen LogP contribution is -2.17. The number of aryl methyl sites for hydroxylation is 1. The molecule has 0 radical (unpaired) electrons. The van der Waals surface area contributed by atoms with Crippen LogP contribution >= 0.6 is 11.8 Å². The lowest BCUT2D eigenvalue weighted by Gasteiger charge is -2.08. The SMILES string of the molecule is Cc1occc1-c1nnc(SCC(=O)c2ccc(NC(=O)C(C)C)cc2)n1C. The predicted octanol–water partition coefficient (Wildman–Crippen LogP) is 3.95. The number of ketones is 1. The highest BCUT2D eigenvalue weighted by molar-refractivity contribution is 7.99. The number of rotatable bonds is 7. The van der Waals surface area contributed by atoms with Crippen LogP contribution in [0.15, 0.2) is 46.2 Å². The van der Waals surface area contributed by atoms with E-state index in [1.807, 2.05) is 38.5 Å². The molecule has 1 amide bonds. The van der Waals surface area contributed by atoms with Gasteiger partial charge in [-0.3, -0.25) is 9.59 Å². The van der Waals surface area contributed by atoms with Gasteiger partial charge in [0.2, 0.25) is 5.91 Å².